The molecule has 0 bridgehead atoms. The topological polar surface area (TPSA) is 55.1 Å². The molecule has 0 atom stereocenters. The summed E-state index contributed by atoms with van der Waals surface area (Å²) in [4.78, 5) is 10.8. The molecule has 1 aromatic carbocycles. The lowest BCUT2D eigenvalue weighted by Gasteiger charge is -2.01. The van der Waals surface area contributed by atoms with Gasteiger partial charge < -0.3 is 5.11 Å². The number of benzene rings is 1. The van der Waals surface area contributed by atoms with Gasteiger partial charge in [0.15, 0.2) is 0 Å². The largest absolute Gasteiger partial charge is 0.478 e. The number of aromatic carboxylic acids is 1. The molecule has 0 amide bonds. The van der Waals surface area contributed by atoms with Gasteiger partial charge in [-0.2, -0.15) is 5.10 Å². The Kier molecular flexibility index (Phi) is 2.91. The molecule has 0 fully saturated rings. The van der Waals surface area contributed by atoms with Gasteiger partial charge in [0.05, 0.1) is 11.8 Å². The minimum Gasteiger partial charge on any atom is -0.478 e. The van der Waals surface area contributed by atoms with Crippen LogP contribution in [-0.4, -0.2) is 20.9 Å². The number of halogens is 1. The number of hydrogen-bond acceptors (Lipinski definition) is 2. The summed E-state index contributed by atoms with van der Waals surface area (Å²) in [5.41, 5.74) is 0.891. The first-order valence-electron chi connectivity index (χ1n) is 5.17. The van der Waals surface area contributed by atoms with Crippen LogP contribution in [0.4, 0.5) is 4.39 Å². The number of carbonyl (C=O) groups is 1. The molecule has 88 valence electrons. The van der Waals surface area contributed by atoms with E-state index in [4.69, 9.17) is 5.11 Å². The molecule has 0 unspecified atom stereocenters. The number of aryl methyl sites for hydroxylation is 1. The van der Waals surface area contributed by atoms with Crippen LogP contribution in [0.1, 0.15) is 17.3 Å². The fourth-order valence-corrected chi connectivity index (χ4v) is 1.56. The molecule has 0 aliphatic heterocycles. The highest BCUT2D eigenvalue weighted by atomic mass is 19.1. The van der Waals surface area contributed by atoms with Crippen LogP contribution in [0.3, 0.4) is 0 Å². The first-order valence-corrected chi connectivity index (χ1v) is 5.17. The predicted molar refractivity (Wildman–Crippen MR) is 60.3 cm³/mol. The van der Waals surface area contributed by atoms with Gasteiger partial charge in [-0.05, 0) is 25.1 Å². The Bertz CT molecular complexity index is 563. The molecular formula is C12H11FN2O2. The van der Waals surface area contributed by atoms with Crippen molar-refractivity contribution in [2.45, 2.75) is 13.5 Å². The molecule has 0 spiro atoms. The molecule has 1 N–H and O–H groups in total. The number of nitrogens with zero attached hydrogens (tertiary/aromatic N) is 2. The van der Waals surface area contributed by atoms with Crippen LogP contribution in [0.15, 0.2) is 30.6 Å². The van der Waals surface area contributed by atoms with Crippen molar-refractivity contribution in [1.29, 1.82) is 0 Å². The van der Waals surface area contributed by atoms with Crippen molar-refractivity contribution >= 4 is 5.97 Å². The lowest BCUT2D eigenvalue weighted by Crippen LogP contribution is -1.97. The SMILES string of the molecule is CCn1cc(-c2cc(C(=O)O)ccc2F)cn1. The van der Waals surface area contributed by atoms with E-state index < -0.39 is 11.8 Å². The van der Waals surface area contributed by atoms with Crippen LogP contribution in [-0.2, 0) is 6.54 Å². The zero-order valence-electron chi connectivity index (χ0n) is 9.22. The number of hydrogen-bond donors (Lipinski definition) is 1. The van der Waals surface area contributed by atoms with Crippen molar-refractivity contribution in [2.24, 2.45) is 0 Å². The van der Waals surface area contributed by atoms with Crippen LogP contribution < -0.4 is 0 Å². The Hall–Kier alpha value is -2.17. The summed E-state index contributed by atoms with van der Waals surface area (Å²) < 4.78 is 15.3. The van der Waals surface area contributed by atoms with Gasteiger partial charge >= 0.3 is 5.97 Å². The Labute approximate surface area is 97.3 Å². The monoisotopic (exact) mass is 234 g/mol. The second-order valence-electron chi connectivity index (χ2n) is 3.58. The molecule has 0 saturated carbocycles. The van der Waals surface area contributed by atoms with Gasteiger partial charge in [-0.15, -0.1) is 0 Å². The summed E-state index contributed by atoms with van der Waals surface area (Å²) in [5.74, 6) is -1.53. The lowest BCUT2D eigenvalue weighted by molar-refractivity contribution is 0.0697. The van der Waals surface area contributed by atoms with E-state index in [1.165, 1.54) is 18.3 Å². The minimum atomic E-state index is -1.07. The van der Waals surface area contributed by atoms with Gasteiger partial charge in [-0.25, -0.2) is 9.18 Å². The molecule has 17 heavy (non-hydrogen) atoms. The Balaban J connectivity index is 2.49. The van der Waals surface area contributed by atoms with E-state index in [-0.39, 0.29) is 11.1 Å². The summed E-state index contributed by atoms with van der Waals surface area (Å²) in [6.45, 7) is 2.60. The molecule has 5 heteroatoms. The average Bonchev–Trinajstić information content (AvgIpc) is 2.77. The maximum absolute atomic E-state index is 13.6. The van der Waals surface area contributed by atoms with Gasteiger partial charge in [-0.1, -0.05) is 0 Å². The van der Waals surface area contributed by atoms with Gasteiger partial charge in [0.1, 0.15) is 5.82 Å². The molecule has 0 aliphatic carbocycles. The molecule has 4 nitrogen and oxygen atoms in total. The van der Waals surface area contributed by atoms with E-state index in [1.807, 2.05) is 6.92 Å². The van der Waals surface area contributed by atoms with E-state index in [9.17, 15) is 9.18 Å². The normalized spacial score (nSPS) is 10.5. The molecule has 0 radical (unpaired) electrons. The van der Waals surface area contributed by atoms with Crippen LogP contribution in [0.2, 0.25) is 0 Å². The van der Waals surface area contributed by atoms with Crippen molar-refractivity contribution in [3.63, 3.8) is 0 Å². The first kappa shape index (κ1) is 11.3. The van der Waals surface area contributed by atoms with Gasteiger partial charge in [0.2, 0.25) is 0 Å². The molecule has 0 aliphatic rings. The molecule has 0 saturated heterocycles. The van der Waals surface area contributed by atoms with Gasteiger partial charge in [0, 0.05) is 23.9 Å². The van der Waals surface area contributed by atoms with Crippen molar-refractivity contribution in [3.8, 4) is 11.1 Å². The predicted octanol–water partition coefficient (Wildman–Crippen LogP) is 2.41. The highest BCUT2D eigenvalue weighted by Gasteiger charge is 2.11. The number of aromatic nitrogens is 2. The van der Waals surface area contributed by atoms with Crippen LogP contribution in [0, 0.1) is 5.82 Å². The zero-order chi connectivity index (χ0) is 12.4. The van der Waals surface area contributed by atoms with E-state index in [0.717, 1.165) is 6.07 Å². The van der Waals surface area contributed by atoms with E-state index >= 15 is 0 Å². The second-order valence-corrected chi connectivity index (χ2v) is 3.58. The smallest absolute Gasteiger partial charge is 0.335 e. The summed E-state index contributed by atoms with van der Waals surface area (Å²) in [5, 5.41) is 12.9. The standard InChI is InChI=1S/C12H11FN2O2/c1-2-15-7-9(6-14-15)10-5-8(12(16)17)3-4-11(10)13/h3-7H,2H2,1H3,(H,16,17). The highest BCUT2D eigenvalue weighted by molar-refractivity contribution is 5.89. The maximum Gasteiger partial charge on any atom is 0.335 e. The third-order valence-electron chi connectivity index (χ3n) is 2.48. The third-order valence-corrected chi connectivity index (χ3v) is 2.48. The zero-order valence-corrected chi connectivity index (χ0v) is 9.22. The van der Waals surface area contributed by atoms with E-state index in [0.29, 0.717) is 12.1 Å². The van der Waals surface area contributed by atoms with Crippen molar-refractivity contribution in [1.82, 2.24) is 9.78 Å². The average molecular weight is 234 g/mol. The fourth-order valence-electron chi connectivity index (χ4n) is 1.56. The Morgan fingerprint density at radius 1 is 1.53 bits per heavy atom. The molecule has 2 aromatic rings. The number of carboxylic acids is 1. The second kappa shape index (κ2) is 4.37. The Morgan fingerprint density at radius 2 is 2.29 bits per heavy atom. The Morgan fingerprint density at radius 3 is 2.88 bits per heavy atom. The van der Waals surface area contributed by atoms with Crippen molar-refractivity contribution < 1.29 is 14.3 Å². The van der Waals surface area contributed by atoms with E-state index in [1.54, 1.807) is 10.9 Å². The number of carboxylic acid groups (broad SMARTS) is 1. The summed E-state index contributed by atoms with van der Waals surface area (Å²) in [6, 6.07) is 3.71. The van der Waals surface area contributed by atoms with Gasteiger partial charge in [-0.3, -0.25) is 4.68 Å². The van der Waals surface area contributed by atoms with Crippen LogP contribution in [0.25, 0.3) is 11.1 Å². The molecular weight excluding hydrogens is 223 g/mol. The maximum atomic E-state index is 13.6. The van der Waals surface area contributed by atoms with Crippen LogP contribution in [0.5, 0.6) is 0 Å². The fraction of sp³-hybridized carbons (Fsp3) is 0.167. The first-order chi connectivity index (χ1) is 8.11. The molecule has 2 rings (SSSR count). The van der Waals surface area contributed by atoms with Gasteiger partial charge in [0.25, 0.3) is 0 Å². The summed E-state index contributed by atoms with van der Waals surface area (Å²) in [7, 11) is 0. The van der Waals surface area contributed by atoms with Crippen LogP contribution >= 0.6 is 0 Å². The quantitative estimate of drug-likeness (QED) is 0.887. The van der Waals surface area contributed by atoms with Crippen molar-refractivity contribution in [3.05, 3.63) is 42.0 Å². The number of rotatable bonds is 3. The highest BCUT2D eigenvalue weighted by Crippen LogP contribution is 2.23. The summed E-state index contributed by atoms with van der Waals surface area (Å²) in [6.07, 6.45) is 3.21. The molecule has 1 aromatic heterocycles. The van der Waals surface area contributed by atoms with Crippen molar-refractivity contribution in [2.75, 3.05) is 0 Å². The molecule has 1 heterocycles. The third kappa shape index (κ3) is 2.18. The van der Waals surface area contributed by atoms with E-state index in [2.05, 4.69) is 5.10 Å². The lowest BCUT2D eigenvalue weighted by atomic mass is 10.1. The summed E-state index contributed by atoms with van der Waals surface area (Å²) >= 11 is 0. The minimum absolute atomic E-state index is 0.0608.